The van der Waals surface area contributed by atoms with Gasteiger partial charge in [0.25, 0.3) is 5.91 Å². The quantitative estimate of drug-likeness (QED) is 0.747. The summed E-state index contributed by atoms with van der Waals surface area (Å²) >= 11 is 3.43. The summed E-state index contributed by atoms with van der Waals surface area (Å²) in [6, 6.07) is 5.88. The van der Waals surface area contributed by atoms with E-state index in [0.29, 0.717) is 18.7 Å². The van der Waals surface area contributed by atoms with E-state index in [9.17, 15) is 13.2 Å². The van der Waals surface area contributed by atoms with Crippen LogP contribution < -0.4 is 5.32 Å². The van der Waals surface area contributed by atoms with Gasteiger partial charge in [0.05, 0.1) is 11.5 Å². The number of halogens is 1. The molecule has 5 nitrogen and oxygen atoms in total. The lowest BCUT2D eigenvalue weighted by Crippen LogP contribution is -2.26. The third-order valence-electron chi connectivity index (χ3n) is 2.64. The maximum Gasteiger partial charge on any atom is 0.251 e. The van der Waals surface area contributed by atoms with E-state index in [4.69, 9.17) is 4.74 Å². The fraction of sp³-hybridized carbons (Fsp3) is 0.462. The number of alkyl halides is 1. The lowest BCUT2D eigenvalue weighted by molar-refractivity contribution is 0.0952. The summed E-state index contributed by atoms with van der Waals surface area (Å²) < 4.78 is 27.6. The third-order valence-corrected chi connectivity index (χ3v) is 4.49. The Bertz CT molecular complexity index is 542. The van der Waals surface area contributed by atoms with Gasteiger partial charge in [-0.15, -0.1) is 0 Å². The Kier molecular flexibility index (Phi) is 6.64. The standard InChI is InChI=1S/C13H18BrNO4S/c1-19-9-11(14)7-8-15-13(16)10-3-5-12(6-4-10)20(2,17)18/h3-6,11H,7-9H2,1-2H3,(H,15,16). The van der Waals surface area contributed by atoms with E-state index in [0.717, 1.165) is 12.7 Å². The van der Waals surface area contributed by atoms with Crippen molar-refractivity contribution in [1.29, 1.82) is 0 Å². The zero-order chi connectivity index (χ0) is 15.2. The number of sulfone groups is 1. The largest absolute Gasteiger partial charge is 0.384 e. The molecular weight excluding hydrogens is 346 g/mol. The maximum atomic E-state index is 11.8. The van der Waals surface area contributed by atoms with Crippen LogP contribution in [0.3, 0.4) is 0 Å². The van der Waals surface area contributed by atoms with Gasteiger partial charge in [-0.25, -0.2) is 8.42 Å². The Labute approximate surface area is 127 Å². The van der Waals surface area contributed by atoms with Gasteiger partial charge in [0.2, 0.25) is 0 Å². The predicted octanol–water partition coefficient (Wildman–Crippen LogP) is 1.62. The monoisotopic (exact) mass is 363 g/mol. The molecule has 0 aliphatic heterocycles. The van der Waals surface area contributed by atoms with Gasteiger partial charge in [0, 0.05) is 30.3 Å². The lowest BCUT2D eigenvalue weighted by atomic mass is 10.2. The lowest BCUT2D eigenvalue weighted by Gasteiger charge is -2.09. The molecule has 1 aromatic carbocycles. The van der Waals surface area contributed by atoms with Gasteiger partial charge >= 0.3 is 0 Å². The van der Waals surface area contributed by atoms with Gasteiger partial charge in [-0.3, -0.25) is 4.79 Å². The number of carbonyl (C=O) groups excluding carboxylic acids is 1. The van der Waals surface area contributed by atoms with Crippen molar-refractivity contribution in [3.8, 4) is 0 Å². The number of carbonyl (C=O) groups is 1. The van der Waals surface area contributed by atoms with Crippen molar-refractivity contribution in [1.82, 2.24) is 5.32 Å². The van der Waals surface area contributed by atoms with Crippen molar-refractivity contribution in [2.75, 3.05) is 26.5 Å². The van der Waals surface area contributed by atoms with Crippen molar-refractivity contribution >= 4 is 31.7 Å². The first-order chi connectivity index (χ1) is 9.34. The molecule has 1 atom stereocenters. The highest BCUT2D eigenvalue weighted by Crippen LogP contribution is 2.10. The number of nitrogens with one attached hydrogen (secondary N) is 1. The first-order valence-electron chi connectivity index (χ1n) is 6.06. The molecule has 0 aliphatic carbocycles. The van der Waals surface area contributed by atoms with Crippen LogP contribution in [-0.2, 0) is 14.6 Å². The van der Waals surface area contributed by atoms with E-state index >= 15 is 0 Å². The van der Waals surface area contributed by atoms with Crippen molar-refractivity contribution in [2.45, 2.75) is 16.1 Å². The van der Waals surface area contributed by atoms with Crippen LogP contribution in [0.1, 0.15) is 16.8 Å². The van der Waals surface area contributed by atoms with Crippen LogP contribution >= 0.6 is 15.9 Å². The SMILES string of the molecule is COCC(Br)CCNC(=O)c1ccc(S(C)(=O)=O)cc1. The van der Waals surface area contributed by atoms with Crippen LogP contribution in [0.15, 0.2) is 29.2 Å². The van der Waals surface area contributed by atoms with E-state index in [1.807, 2.05) is 0 Å². The molecule has 112 valence electrons. The number of ether oxygens (including phenoxy) is 1. The third kappa shape index (κ3) is 5.60. The predicted molar refractivity (Wildman–Crippen MR) is 81.1 cm³/mol. The summed E-state index contributed by atoms with van der Waals surface area (Å²) in [5.74, 6) is -0.220. The normalized spacial score (nSPS) is 12.9. The van der Waals surface area contributed by atoms with Crippen molar-refractivity contribution in [2.24, 2.45) is 0 Å². The minimum atomic E-state index is -3.23. The molecule has 0 saturated heterocycles. The van der Waals surface area contributed by atoms with E-state index in [-0.39, 0.29) is 15.6 Å². The van der Waals surface area contributed by atoms with Gasteiger partial charge in [-0.05, 0) is 30.7 Å². The first-order valence-corrected chi connectivity index (χ1v) is 8.86. The van der Waals surface area contributed by atoms with Crippen LogP contribution in [0.5, 0.6) is 0 Å². The molecule has 0 spiro atoms. The summed E-state index contributed by atoms with van der Waals surface area (Å²) in [4.78, 5) is 12.2. The minimum absolute atomic E-state index is 0.195. The highest BCUT2D eigenvalue weighted by atomic mass is 79.9. The van der Waals surface area contributed by atoms with Crippen molar-refractivity contribution in [3.63, 3.8) is 0 Å². The molecule has 0 aliphatic rings. The first kappa shape index (κ1) is 17.1. The molecule has 1 aromatic rings. The van der Waals surface area contributed by atoms with E-state index < -0.39 is 9.84 Å². The zero-order valence-electron chi connectivity index (χ0n) is 11.4. The average molecular weight is 364 g/mol. The van der Waals surface area contributed by atoms with Crippen LogP contribution in [0.4, 0.5) is 0 Å². The Balaban J connectivity index is 2.52. The number of hydrogen-bond donors (Lipinski definition) is 1. The van der Waals surface area contributed by atoms with Crippen molar-refractivity contribution in [3.05, 3.63) is 29.8 Å². The van der Waals surface area contributed by atoms with E-state index in [1.165, 1.54) is 24.3 Å². The topological polar surface area (TPSA) is 72.5 Å². The molecule has 0 aromatic heterocycles. The number of rotatable bonds is 7. The number of methoxy groups -OCH3 is 1. The van der Waals surface area contributed by atoms with Gasteiger partial charge in [-0.1, -0.05) is 15.9 Å². The fourth-order valence-corrected chi connectivity index (χ4v) is 2.69. The van der Waals surface area contributed by atoms with Crippen LogP contribution in [0, 0.1) is 0 Å². The number of amides is 1. The molecular formula is C13H18BrNO4S. The summed E-state index contributed by atoms with van der Waals surface area (Å²) in [6.07, 6.45) is 1.88. The van der Waals surface area contributed by atoms with Gasteiger partial charge in [0.1, 0.15) is 0 Å². The molecule has 0 heterocycles. The molecule has 1 unspecified atom stereocenters. The molecule has 0 radical (unpaired) electrons. The molecule has 7 heteroatoms. The molecule has 0 fully saturated rings. The second-order valence-corrected chi connectivity index (χ2v) is 7.70. The molecule has 0 saturated carbocycles. The highest BCUT2D eigenvalue weighted by Gasteiger charge is 2.10. The molecule has 1 N–H and O–H groups in total. The number of benzene rings is 1. The fourth-order valence-electron chi connectivity index (χ4n) is 1.56. The maximum absolute atomic E-state index is 11.8. The number of hydrogen-bond acceptors (Lipinski definition) is 4. The van der Waals surface area contributed by atoms with Crippen LogP contribution in [-0.4, -0.2) is 45.7 Å². The van der Waals surface area contributed by atoms with E-state index in [1.54, 1.807) is 7.11 Å². The molecule has 1 rings (SSSR count). The van der Waals surface area contributed by atoms with Crippen LogP contribution in [0.25, 0.3) is 0 Å². The molecule has 0 bridgehead atoms. The van der Waals surface area contributed by atoms with Gasteiger partial charge in [0.15, 0.2) is 9.84 Å². The average Bonchev–Trinajstić information content (AvgIpc) is 2.38. The Morgan fingerprint density at radius 3 is 2.45 bits per heavy atom. The van der Waals surface area contributed by atoms with Crippen LogP contribution in [0.2, 0.25) is 0 Å². The smallest absolute Gasteiger partial charge is 0.251 e. The summed E-state index contributed by atoms with van der Waals surface area (Å²) in [5.41, 5.74) is 0.440. The van der Waals surface area contributed by atoms with Gasteiger partial charge < -0.3 is 10.1 Å². The summed E-state index contributed by atoms with van der Waals surface area (Å²) in [6.45, 7) is 1.10. The Morgan fingerprint density at radius 1 is 1.35 bits per heavy atom. The molecule has 1 amide bonds. The summed E-state index contributed by atoms with van der Waals surface area (Å²) in [5, 5.41) is 2.77. The Hall–Kier alpha value is -0.920. The van der Waals surface area contributed by atoms with E-state index in [2.05, 4.69) is 21.2 Å². The Morgan fingerprint density at radius 2 is 1.95 bits per heavy atom. The summed E-state index contributed by atoms with van der Waals surface area (Å²) in [7, 11) is -1.61. The second-order valence-electron chi connectivity index (χ2n) is 4.39. The van der Waals surface area contributed by atoms with Crippen molar-refractivity contribution < 1.29 is 17.9 Å². The zero-order valence-corrected chi connectivity index (χ0v) is 13.8. The second kappa shape index (κ2) is 7.75. The van der Waals surface area contributed by atoms with Gasteiger partial charge in [-0.2, -0.15) is 0 Å². The molecule has 20 heavy (non-hydrogen) atoms. The highest BCUT2D eigenvalue weighted by molar-refractivity contribution is 9.09. The minimum Gasteiger partial charge on any atom is -0.384 e.